The van der Waals surface area contributed by atoms with Crippen molar-refractivity contribution in [2.75, 3.05) is 18.3 Å². The quantitative estimate of drug-likeness (QED) is 0.579. The van der Waals surface area contributed by atoms with E-state index in [2.05, 4.69) is 10.1 Å². The lowest BCUT2D eigenvalue weighted by molar-refractivity contribution is 0.0601. The van der Waals surface area contributed by atoms with Gasteiger partial charge >= 0.3 is 5.97 Å². The van der Waals surface area contributed by atoms with Crippen LogP contribution in [0.3, 0.4) is 0 Å². The molecule has 0 saturated heterocycles. The molecule has 0 aliphatic carbocycles. The minimum Gasteiger partial charge on any atom is -0.465 e. The summed E-state index contributed by atoms with van der Waals surface area (Å²) in [5.74, 6) is -0.606. The van der Waals surface area contributed by atoms with Crippen molar-refractivity contribution in [1.82, 2.24) is 0 Å². The van der Waals surface area contributed by atoms with Crippen molar-refractivity contribution in [3.63, 3.8) is 0 Å². The largest absolute Gasteiger partial charge is 0.465 e. The molecule has 1 aromatic carbocycles. The fourth-order valence-electron chi connectivity index (χ4n) is 1.03. The second kappa shape index (κ2) is 5.35. The van der Waals surface area contributed by atoms with Gasteiger partial charge in [-0.3, -0.25) is 0 Å². The second-order valence-electron chi connectivity index (χ2n) is 2.74. The number of hydrogen-bond donors (Lipinski definition) is 2. The molecule has 1 rings (SSSR count). The summed E-state index contributed by atoms with van der Waals surface area (Å²) in [7, 11) is -1.19. The van der Waals surface area contributed by atoms with Crippen molar-refractivity contribution in [2.45, 2.75) is 0 Å². The highest BCUT2D eigenvalue weighted by molar-refractivity contribution is 7.72. The van der Waals surface area contributed by atoms with Crippen LogP contribution < -0.4 is 5.32 Å². The Hall–Kier alpha value is -1.56. The van der Waals surface area contributed by atoms with E-state index in [1.165, 1.54) is 13.2 Å². The summed E-state index contributed by atoms with van der Waals surface area (Å²) in [6, 6.07) is 6.44. The summed E-state index contributed by atoms with van der Waals surface area (Å²) in [4.78, 5) is 11.1. The van der Waals surface area contributed by atoms with E-state index in [0.29, 0.717) is 11.3 Å². The Balaban J connectivity index is 2.78. The highest BCUT2D eigenvalue weighted by Crippen LogP contribution is 2.10. The number of rotatable bonds is 4. The zero-order chi connectivity index (χ0) is 11.3. The van der Waals surface area contributed by atoms with Gasteiger partial charge in [-0.15, -0.1) is 0 Å². The first-order chi connectivity index (χ1) is 7.13. The number of benzene rings is 1. The van der Waals surface area contributed by atoms with Gasteiger partial charge in [-0.1, -0.05) is 6.07 Å². The maximum absolute atomic E-state index is 11.1. The van der Waals surface area contributed by atoms with Crippen LogP contribution in [0.2, 0.25) is 0 Å². The summed E-state index contributed by atoms with van der Waals surface area (Å²) in [6.45, 7) is 0. The van der Waals surface area contributed by atoms with Crippen LogP contribution >= 0.6 is 0 Å². The molecule has 5 nitrogen and oxygen atoms in total. The third kappa shape index (κ3) is 3.59. The molecule has 0 fully saturated rings. The number of anilines is 1. The van der Waals surface area contributed by atoms with Gasteiger partial charge in [0, 0.05) is 5.69 Å². The van der Waals surface area contributed by atoms with E-state index in [1.807, 2.05) is 0 Å². The lowest BCUT2D eigenvalue weighted by Crippen LogP contribution is -2.05. The van der Waals surface area contributed by atoms with E-state index >= 15 is 0 Å². The van der Waals surface area contributed by atoms with Gasteiger partial charge in [0.1, 0.15) is 5.88 Å². The first-order valence-corrected chi connectivity index (χ1v) is 5.54. The highest BCUT2D eigenvalue weighted by atomic mass is 32.2. The number of esters is 1. The summed E-state index contributed by atoms with van der Waals surface area (Å²) in [5.41, 5.74) is 0.945. The SMILES string of the molecule is COC(=O)c1cccc(NC[SH](=O)=O)c1. The number of carbonyl (C=O) groups is 1. The van der Waals surface area contributed by atoms with Crippen LogP contribution in [0, 0.1) is 0 Å². The molecule has 1 aromatic rings. The molecule has 0 aromatic heterocycles. The Kier molecular flexibility index (Phi) is 4.11. The summed E-state index contributed by atoms with van der Waals surface area (Å²) < 4.78 is 25.2. The van der Waals surface area contributed by atoms with Crippen LogP contribution in [-0.2, 0) is 15.4 Å². The topological polar surface area (TPSA) is 72.5 Å². The Morgan fingerprint density at radius 2 is 2.20 bits per heavy atom. The third-order valence-corrected chi connectivity index (χ3v) is 2.11. The first-order valence-electron chi connectivity index (χ1n) is 4.17. The Labute approximate surface area is 89.0 Å². The standard InChI is InChI=1S/C9H11NO4S/c1-14-9(11)7-3-2-4-8(5-7)10-6-15(12)13/h2-5,10,15H,6H2,1H3. The zero-order valence-electron chi connectivity index (χ0n) is 8.10. The van der Waals surface area contributed by atoms with E-state index in [4.69, 9.17) is 0 Å². The van der Waals surface area contributed by atoms with Crippen molar-refractivity contribution >= 4 is 22.4 Å². The van der Waals surface area contributed by atoms with Gasteiger partial charge in [-0.05, 0) is 18.2 Å². The van der Waals surface area contributed by atoms with E-state index in [0.717, 1.165) is 0 Å². The predicted octanol–water partition coefficient (Wildman–Crippen LogP) is 0.454. The lowest BCUT2D eigenvalue weighted by atomic mass is 10.2. The first kappa shape index (κ1) is 11.5. The molecule has 0 radical (unpaired) electrons. The van der Waals surface area contributed by atoms with Gasteiger partial charge in [0.05, 0.1) is 12.7 Å². The predicted molar refractivity (Wildman–Crippen MR) is 56.6 cm³/mol. The van der Waals surface area contributed by atoms with Gasteiger partial charge in [-0.2, -0.15) is 0 Å². The molecular weight excluding hydrogens is 218 g/mol. The Bertz CT molecular complexity index is 420. The number of nitrogens with one attached hydrogen (secondary N) is 1. The maximum Gasteiger partial charge on any atom is 0.337 e. The molecule has 0 bridgehead atoms. The number of hydrogen-bond acceptors (Lipinski definition) is 5. The summed E-state index contributed by atoms with van der Waals surface area (Å²) in [5, 5.41) is 2.66. The molecule has 0 unspecified atom stereocenters. The van der Waals surface area contributed by atoms with Crippen LogP contribution in [0.15, 0.2) is 24.3 Å². The minimum atomic E-state index is -2.48. The van der Waals surface area contributed by atoms with Gasteiger partial charge in [0.25, 0.3) is 0 Å². The molecule has 1 N–H and O–H groups in total. The fourth-order valence-corrected chi connectivity index (χ4v) is 1.34. The van der Waals surface area contributed by atoms with Crippen molar-refractivity contribution in [2.24, 2.45) is 0 Å². The minimum absolute atomic E-state index is 0.153. The van der Waals surface area contributed by atoms with Crippen LogP contribution in [-0.4, -0.2) is 27.4 Å². The molecule has 0 aliphatic heterocycles. The van der Waals surface area contributed by atoms with Crippen molar-refractivity contribution < 1.29 is 17.9 Å². The molecule has 6 heteroatoms. The van der Waals surface area contributed by atoms with Crippen molar-refractivity contribution in [3.8, 4) is 0 Å². The fraction of sp³-hybridized carbons (Fsp3) is 0.222. The normalized spacial score (nSPS) is 10.0. The van der Waals surface area contributed by atoms with Gasteiger partial charge in [0.2, 0.25) is 0 Å². The number of carbonyl (C=O) groups excluding carboxylic acids is 1. The zero-order valence-corrected chi connectivity index (χ0v) is 8.99. The van der Waals surface area contributed by atoms with E-state index < -0.39 is 16.7 Å². The lowest BCUT2D eigenvalue weighted by Gasteiger charge is -2.04. The molecular formula is C9H11NO4S. The average Bonchev–Trinajstić information content (AvgIpc) is 2.25. The Morgan fingerprint density at radius 3 is 2.80 bits per heavy atom. The summed E-state index contributed by atoms with van der Waals surface area (Å²) in [6.07, 6.45) is 0. The number of methoxy groups -OCH3 is 1. The van der Waals surface area contributed by atoms with Crippen LogP contribution in [0.4, 0.5) is 5.69 Å². The Morgan fingerprint density at radius 1 is 1.47 bits per heavy atom. The van der Waals surface area contributed by atoms with Crippen LogP contribution in [0.5, 0.6) is 0 Å². The summed E-state index contributed by atoms with van der Waals surface area (Å²) >= 11 is 0. The molecule has 15 heavy (non-hydrogen) atoms. The van der Waals surface area contributed by atoms with Crippen LogP contribution in [0.25, 0.3) is 0 Å². The average molecular weight is 229 g/mol. The van der Waals surface area contributed by atoms with Gasteiger partial charge in [-0.25, -0.2) is 13.2 Å². The molecule has 82 valence electrons. The smallest absolute Gasteiger partial charge is 0.337 e. The molecule has 0 atom stereocenters. The van der Waals surface area contributed by atoms with E-state index in [-0.39, 0.29) is 5.88 Å². The molecule has 0 saturated carbocycles. The van der Waals surface area contributed by atoms with Crippen molar-refractivity contribution in [3.05, 3.63) is 29.8 Å². The van der Waals surface area contributed by atoms with E-state index in [9.17, 15) is 13.2 Å². The monoisotopic (exact) mass is 229 g/mol. The second-order valence-corrected chi connectivity index (χ2v) is 3.72. The van der Waals surface area contributed by atoms with E-state index in [1.54, 1.807) is 18.2 Å². The number of ether oxygens (including phenoxy) is 1. The highest BCUT2D eigenvalue weighted by Gasteiger charge is 2.04. The molecule has 0 amide bonds. The molecule has 0 aliphatic rings. The maximum atomic E-state index is 11.1. The number of thiol groups is 1. The van der Waals surface area contributed by atoms with Crippen LogP contribution in [0.1, 0.15) is 10.4 Å². The molecule has 0 heterocycles. The van der Waals surface area contributed by atoms with Gasteiger partial charge < -0.3 is 10.1 Å². The molecule has 0 spiro atoms. The third-order valence-electron chi connectivity index (χ3n) is 1.70. The van der Waals surface area contributed by atoms with Gasteiger partial charge in [0.15, 0.2) is 10.7 Å². The van der Waals surface area contributed by atoms with Crippen molar-refractivity contribution in [1.29, 1.82) is 0 Å².